The fourth-order valence-electron chi connectivity index (χ4n) is 2.63. The molecule has 0 atom stereocenters. The van der Waals surface area contributed by atoms with Gasteiger partial charge < -0.3 is 15.4 Å². The van der Waals surface area contributed by atoms with Crippen LogP contribution in [0.5, 0.6) is 5.75 Å². The predicted octanol–water partition coefficient (Wildman–Crippen LogP) is 4.60. The number of benzene rings is 3. The lowest BCUT2D eigenvalue weighted by molar-refractivity contribution is -0.123. The first-order chi connectivity index (χ1) is 14.0. The Kier molecular flexibility index (Phi) is 6.87. The van der Waals surface area contributed by atoms with Crippen molar-refractivity contribution in [2.75, 3.05) is 11.9 Å². The average molecular weight is 409 g/mol. The lowest BCUT2D eigenvalue weighted by atomic mass is 10.1. The Bertz CT molecular complexity index is 989. The first-order valence-electron chi connectivity index (χ1n) is 9.12. The van der Waals surface area contributed by atoms with Gasteiger partial charge in [-0.15, -0.1) is 0 Å². The molecule has 0 bridgehead atoms. The van der Waals surface area contributed by atoms with E-state index in [0.717, 1.165) is 11.1 Å². The van der Waals surface area contributed by atoms with Crippen LogP contribution in [-0.4, -0.2) is 18.4 Å². The normalized spacial score (nSPS) is 10.3. The third-order valence-electron chi connectivity index (χ3n) is 4.19. The highest BCUT2D eigenvalue weighted by Crippen LogP contribution is 2.24. The maximum absolute atomic E-state index is 12.6. The summed E-state index contributed by atoms with van der Waals surface area (Å²) in [6.07, 6.45) is 0. The number of amides is 2. The molecule has 0 saturated heterocycles. The summed E-state index contributed by atoms with van der Waals surface area (Å²) in [5.41, 5.74) is 3.07. The number of ether oxygens (including phenoxy) is 1. The molecule has 3 rings (SSSR count). The van der Waals surface area contributed by atoms with Crippen LogP contribution in [0.2, 0.25) is 5.02 Å². The van der Waals surface area contributed by atoms with Gasteiger partial charge in [0.1, 0.15) is 5.75 Å². The fourth-order valence-corrected chi connectivity index (χ4v) is 2.80. The third-order valence-corrected chi connectivity index (χ3v) is 4.42. The highest BCUT2D eigenvalue weighted by molar-refractivity contribution is 6.31. The smallest absolute Gasteiger partial charge is 0.259 e. The van der Waals surface area contributed by atoms with Crippen LogP contribution in [0.25, 0.3) is 0 Å². The average Bonchev–Trinajstić information content (AvgIpc) is 2.73. The van der Waals surface area contributed by atoms with Crippen LogP contribution in [0.3, 0.4) is 0 Å². The minimum Gasteiger partial charge on any atom is -0.483 e. The summed E-state index contributed by atoms with van der Waals surface area (Å²) in [5, 5.41) is 5.99. The van der Waals surface area contributed by atoms with Crippen molar-refractivity contribution < 1.29 is 14.3 Å². The number of rotatable bonds is 7. The van der Waals surface area contributed by atoms with Gasteiger partial charge in [0.15, 0.2) is 6.61 Å². The van der Waals surface area contributed by atoms with Crippen LogP contribution in [0, 0.1) is 6.92 Å². The number of halogens is 1. The first-order valence-corrected chi connectivity index (χ1v) is 9.50. The highest BCUT2D eigenvalue weighted by Gasteiger charge is 2.15. The number of hydrogen-bond donors (Lipinski definition) is 2. The lowest BCUT2D eigenvalue weighted by Gasteiger charge is -2.12. The van der Waals surface area contributed by atoms with E-state index in [2.05, 4.69) is 10.6 Å². The van der Waals surface area contributed by atoms with E-state index < -0.39 is 0 Å². The number of carbonyl (C=O) groups is 2. The number of hydrogen-bond acceptors (Lipinski definition) is 3. The predicted molar refractivity (Wildman–Crippen MR) is 114 cm³/mol. The molecule has 3 aromatic carbocycles. The van der Waals surface area contributed by atoms with Gasteiger partial charge >= 0.3 is 0 Å². The van der Waals surface area contributed by atoms with Gasteiger partial charge in [-0.1, -0.05) is 59.6 Å². The first kappa shape index (κ1) is 20.4. The van der Waals surface area contributed by atoms with Crippen LogP contribution < -0.4 is 15.4 Å². The van der Waals surface area contributed by atoms with Crippen LogP contribution >= 0.6 is 11.6 Å². The Morgan fingerprint density at radius 1 is 0.966 bits per heavy atom. The monoisotopic (exact) mass is 408 g/mol. The van der Waals surface area contributed by atoms with Crippen molar-refractivity contribution in [3.63, 3.8) is 0 Å². The summed E-state index contributed by atoms with van der Waals surface area (Å²) >= 11 is 6.04. The van der Waals surface area contributed by atoms with Gasteiger partial charge in [0, 0.05) is 17.3 Å². The van der Waals surface area contributed by atoms with Crippen molar-refractivity contribution in [1.29, 1.82) is 0 Å². The van der Waals surface area contributed by atoms with Gasteiger partial charge in [0.05, 0.1) is 5.56 Å². The summed E-state index contributed by atoms with van der Waals surface area (Å²) in [6.45, 7) is 2.21. The molecule has 29 heavy (non-hydrogen) atoms. The second kappa shape index (κ2) is 9.75. The second-order valence-electron chi connectivity index (χ2n) is 6.51. The van der Waals surface area contributed by atoms with Gasteiger partial charge in [-0.2, -0.15) is 0 Å². The molecular weight excluding hydrogens is 388 g/mol. The molecule has 6 heteroatoms. The molecule has 0 aromatic heterocycles. The zero-order chi connectivity index (χ0) is 20.6. The van der Waals surface area contributed by atoms with Crippen molar-refractivity contribution in [1.82, 2.24) is 5.32 Å². The van der Waals surface area contributed by atoms with Gasteiger partial charge in [-0.25, -0.2) is 0 Å². The molecule has 0 spiro atoms. The maximum atomic E-state index is 12.6. The van der Waals surface area contributed by atoms with Crippen LogP contribution in [-0.2, 0) is 11.3 Å². The SMILES string of the molecule is Cc1ccc(CNC(=O)COc2ccc(Cl)cc2C(=O)Nc2ccccc2)cc1. The zero-order valence-corrected chi connectivity index (χ0v) is 16.7. The Hall–Kier alpha value is -3.31. The Balaban J connectivity index is 1.60. The molecule has 0 fully saturated rings. The number of carbonyl (C=O) groups excluding carboxylic acids is 2. The van der Waals surface area contributed by atoms with E-state index in [9.17, 15) is 9.59 Å². The summed E-state index contributed by atoms with van der Waals surface area (Å²) in [6, 6.07) is 21.7. The van der Waals surface area contributed by atoms with E-state index in [-0.39, 0.29) is 29.7 Å². The quantitative estimate of drug-likeness (QED) is 0.600. The third kappa shape index (κ3) is 6.09. The molecule has 0 unspecified atom stereocenters. The lowest BCUT2D eigenvalue weighted by Crippen LogP contribution is -2.28. The Morgan fingerprint density at radius 3 is 2.41 bits per heavy atom. The van der Waals surface area contributed by atoms with E-state index in [4.69, 9.17) is 16.3 Å². The van der Waals surface area contributed by atoms with E-state index in [1.807, 2.05) is 49.4 Å². The van der Waals surface area contributed by atoms with Crippen molar-refractivity contribution in [3.8, 4) is 5.75 Å². The van der Waals surface area contributed by atoms with Crippen molar-refractivity contribution >= 4 is 29.1 Å². The Morgan fingerprint density at radius 2 is 1.69 bits per heavy atom. The van der Waals surface area contributed by atoms with Crippen LogP contribution in [0.1, 0.15) is 21.5 Å². The molecule has 0 aliphatic heterocycles. The summed E-state index contributed by atoms with van der Waals surface area (Å²) in [7, 11) is 0. The van der Waals surface area contributed by atoms with Crippen molar-refractivity contribution in [2.45, 2.75) is 13.5 Å². The van der Waals surface area contributed by atoms with E-state index >= 15 is 0 Å². The summed E-state index contributed by atoms with van der Waals surface area (Å²) < 4.78 is 5.59. The molecule has 0 radical (unpaired) electrons. The fraction of sp³-hybridized carbons (Fsp3) is 0.130. The molecule has 0 heterocycles. The van der Waals surface area contributed by atoms with E-state index in [0.29, 0.717) is 17.3 Å². The van der Waals surface area contributed by atoms with Crippen LogP contribution in [0.4, 0.5) is 5.69 Å². The van der Waals surface area contributed by atoms with E-state index in [1.165, 1.54) is 6.07 Å². The van der Waals surface area contributed by atoms with Crippen molar-refractivity contribution in [3.05, 3.63) is 94.5 Å². The number of anilines is 1. The maximum Gasteiger partial charge on any atom is 0.259 e. The van der Waals surface area contributed by atoms with Gasteiger partial charge in [-0.3, -0.25) is 9.59 Å². The van der Waals surface area contributed by atoms with Gasteiger partial charge in [0.25, 0.3) is 11.8 Å². The molecule has 0 saturated carbocycles. The van der Waals surface area contributed by atoms with Gasteiger partial charge in [0.2, 0.25) is 0 Å². The van der Waals surface area contributed by atoms with Crippen LogP contribution in [0.15, 0.2) is 72.8 Å². The molecule has 5 nitrogen and oxygen atoms in total. The summed E-state index contributed by atoms with van der Waals surface area (Å²) in [4.78, 5) is 24.8. The molecule has 0 aliphatic carbocycles. The topological polar surface area (TPSA) is 67.4 Å². The molecule has 3 aromatic rings. The molecule has 2 N–H and O–H groups in total. The standard InChI is InChI=1S/C23H21ClN2O3/c1-16-7-9-17(10-8-16)14-25-22(27)15-29-21-12-11-18(24)13-20(21)23(28)26-19-5-3-2-4-6-19/h2-13H,14-15H2,1H3,(H,25,27)(H,26,28). The van der Waals surface area contributed by atoms with Crippen molar-refractivity contribution in [2.24, 2.45) is 0 Å². The minimum atomic E-state index is -0.367. The number of para-hydroxylation sites is 1. The Labute approximate surface area is 174 Å². The summed E-state index contributed by atoms with van der Waals surface area (Å²) in [5.74, 6) is -0.364. The zero-order valence-electron chi connectivity index (χ0n) is 15.9. The number of nitrogens with one attached hydrogen (secondary N) is 2. The number of aryl methyl sites for hydroxylation is 1. The molecular formula is C23H21ClN2O3. The largest absolute Gasteiger partial charge is 0.483 e. The van der Waals surface area contributed by atoms with Gasteiger partial charge in [-0.05, 0) is 42.8 Å². The molecule has 0 aliphatic rings. The molecule has 148 valence electrons. The minimum absolute atomic E-state index is 0.209. The second-order valence-corrected chi connectivity index (χ2v) is 6.95. The molecule has 2 amide bonds. The highest BCUT2D eigenvalue weighted by atomic mass is 35.5. The van der Waals surface area contributed by atoms with E-state index in [1.54, 1.807) is 24.3 Å².